The van der Waals surface area contributed by atoms with Crippen LogP contribution in [0, 0.1) is 5.82 Å². The fourth-order valence-corrected chi connectivity index (χ4v) is 3.54. The first kappa shape index (κ1) is 15.8. The number of nitrogen functional groups attached to an aromatic ring is 1. The van der Waals surface area contributed by atoms with E-state index in [1.54, 1.807) is 31.2 Å². The monoisotopic (exact) mass is 328 g/mol. The Labute approximate surface area is 127 Å². The summed E-state index contributed by atoms with van der Waals surface area (Å²) in [7, 11) is -4.07. The molecule has 112 valence electrons. The molecular formula is C14H14ClFN2O2S. The molecule has 0 spiro atoms. The highest BCUT2D eigenvalue weighted by Gasteiger charge is 2.24. The van der Waals surface area contributed by atoms with Crippen LogP contribution in [0.4, 0.5) is 10.1 Å². The Hall–Kier alpha value is -1.63. The van der Waals surface area contributed by atoms with E-state index in [0.29, 0.717) is 0 Å². The van der Waals surface area contributed by atoms with Crippen LogP contribution in [0.1, 0.15) is 18.5 Å². The van der Waals surface area contributed by atoms with Gasteiger partial charge in [-0.15, -0.1) is 0 Å². The Bertz CT molecular complexity index is 751. The van der Waals surface area contributed by atoms with E-state index in [2.05, 4.69) is 4.72 Å². The maximum atomic E-state index is 13.9. The second kappa shape index (κ2) is 6.01. The number of rotatable bonds is 4. The number of halogens is 2. The molecule has 0 radical (unpaired) electrons. The molecule has 0 amide bonds. The van der Waals surface area contributed by atoms with Gasteiger partial charge >= 0.3 is 0 Å². The molecule has 2 rings (SSSR count). The number of nitrogens with one attached hydrogen (secondary N) is 1. The van der Waals surface area contributed by atoms with Crippen molar-refractivity contribution in [1.29, 1.82) is 0 Å². The van der Waals surface area contributed by atoms with Crippen molar-refractivity contribution >= 4 is 27.3 Å². The Kier molecular flexibility index (Phi) is 4.51. The molecule has 21 heavy (non-hydrogen) atoms. The van der Waals surface area contributed by atoms with Crippen molar-refractivity contribution in [3.05, 3.63) is 58.9 Å². The van der Waals surface area contributed by atoms with Gasteiger partial charge in [0.15, 0.2) is 5.82 Å². The smallest absolute Gasteiger partial charge is 0.244 e. The summed E-state index contributed by atoms with van der Waals surface area (Å²) >= 11 is 5.74. The Morgan fingerprint density at radius 1 is 1.24 bits per heavy atom. The fourth-order valence-electron chi connectivity index (χ4n) is 1.89. The Morgan fingerprint density at radius 2 is 1.86 bits per heavy atom. The van der Waals surface area contributed by atoms with E-state index >= 15 is 0 Å². The highest BCUT2D eigenvalue weighted by Crippen LogP contribution is 2.26. The molecule has 3 N–H and O–H groups in total. The maximum absolute atomic E-state index is 13.9. The van der Waals surface area contributed by atoms with Gasteiger partial charge < -0.3 is 5.73 Å². The van der Waals surface area contributed by atoms with E-state index in [1.807, 2.05) is 6.07 Å². The number of nitrogens with two attached hydrogens (primary N) is 1. The zero-order chi connectivity index (χ0) is 15.6. The average molecular weight is 329 g/mol. The van der Waals surface area contributed by atoms with Crippen molar-refractivity contribution in [1.82, 2.24) is 4.72 Å². The molecule has 0 aromatic heterocycles. The van der Waals surface area contributed by atoms with Crippen LogP contribution in [0.2, 0.25) is 5.02 Å². The summed E-state index contributed by atoms with van der Waals surface area (Å²) < 4.78 is 40.9. The van der Waals surface area contributed by atoms with Crippen molar-refractivity contribution in [2.24, 2.45) is 0 Å². The molecule has 1 atom stereocenters. The molecule has 7 heteroatoms. The van der Waals surface area contributed by atoms with Crippen LogP contribution in [0.3, 0.4) is 0 Å². The first-order valence-corrected chi connectivity index (χ1v) is 7.99. The number of benzene rings is 2. The lowest BCUT2D eigenvalue weighted by molar-refractivity contribution is 0.548. The number of anilines is 1. The van der Waals surface area contributed by atoms with Gasteiger partial charge in [0.1, 0.15) is 4.90 Å². The fraction of sp³-hybridized carbons (Fsp3) is 0.143. The Balaban J connectivity index is 2.35. The van der Waals surface area contributed by atoms with Gasteiger partial charge in [0.25, 0.3) is 0 Å². The average Bonchev–Trinajstić information content (AvgIpc) is 2.43. The lowest BCUT2D eigenvalue weighted by Crippen LogP contribution is -2.27. The van der Waals surface area contributed by atoms with Crippen molar-refractivity contribution in [2.45, 2.75) is 17.9 Å². The second-order valence-corrected chi connectivity index (χ2v) is 6.68. The lowest BCUT2D eigenvalue weighted by Gasteiger charge is -2.15. The first-order chi connectivity index (χ1) is 9.81. The molecule has 0 aliphatic rings. The van der Waals surface area contributed by atoms with Crippen LogP contribution in [0.25, 0.3) is 0 Å². The van der Waals surface area contributed by atoms with Crippen LogP contribution in [0.5, 0.6) is 0 Å². The van der Waals surface area contributed by atoms with Crippen LogP contribution in [0.15, 0.2) is 47.4 Å². The highest BCUT2D eigenvalue weighted by molar-refractivity contribution is 7.89. The van der Waals surface area contributed by atoms with Gasteiger partial charge in [-0.2, -0.15) is 0 Å². The SMILES string of the molecule is CC(NS(=O)(=O)c1cc(Cl)cc(N)c1F)c1ccccc1. The molecule has 0 aliphatic carbocycles. The summed E-state index contributed by atoms with van der Waals surface area (Å²) in [5.74, 6) is -1.01. The first-order valence-electron chi connectivity index (χ1n) is 6.13. The number of hydrogen-bond acceptors (Lipinski definition) is 3. The van der Waals surface area contributed by atoms with E-state index in [4.69, 9.17) is 17.3 Å². The van der Waals surface area contributed by atoms with E-state index in [0.717, 1.165) is 17.7 Å². The molecule has 0 bridgehead atoms. The molecule has 0 aliphatic heterocycles. The molecule has 0 heterocycles. The van der Waals surface area contributed by atoms with Crippen LogP contribution in [-0.2, 0) is 10.0 Å². The predicted octanol–water partition coefficient (Wildman–Crippen LogP) is 3.10. The van der Waals surface area contributed by atoms with Gasteiger partial charge in [-0.1, -0.05) is 41.9 Å². The minimum Gasteiger partial charge on any atom is -0.396 e. The minimum absolute atomic E-state index is 0.0571. The van der Waals surface area contributed by atoms with Crippen LogP contribution < -0.4 is 10.5 Å². The highest BCUT2D eigenvalue weighted by atomic mass is 35.5. The normalized spacial score (nSPS) is 13.1. The van der Waals surface area contributed by atoms with Crippen LogP contribution >= 0.6 is 11.6 Å². The van der Waals surface area contributed by atoms with Crippen molar-refractivity contribution in [3.63, 3.8) is 0 Å². The maximum Gasteiger partial charge on any atom is 0.244 e. The third-order valence-electron chi connectivity index (χ3n) is 2.95. The van der Waals surface area contributed by atoms with Crippen LogP contribution in [-0.4, -0.2) is 8.42 Å². The second-order valence-electron chi connectivity index (χ2n) is 4.56. The lowest BCUT2D eigenvalue weighted by atomic mass is 10.1. The third kappa shape index (κ3) is 3.53. The van der Waals surface area contributed by atoms with Crippen molar-refractivity contribution in [3.8, 4) is 0 Å². The standard InChI is InChI=1S/C14H14ClFN2O2S/c1-9(10-5-3-2-4-6-10)18-21(19,20)13-8-11(15)7-12(17)14(13)16/h2-9,18H,17H2,1H3. The molecule has 0 fully saturated rings. The van der Waals surface area contributed by atoms with Crippen molar-refractivity contribution < 1.29 is 12.8 Å². The third-order valence-corrected chi connectivity index (χ3v) is 4.71. The molecule has 1 unspecified atom stereocenters. The summed E-state index contributed by atoms with van der Waals surface area (Å²) in [6.45, 7) is 1.67. The van der Waals surface area contributed by atoms with Gasteiger partial charge in [-0.3, -0.25) is 0 Å². The summed E-state index contributed by atoms with van der Waals surface area (Å²) in [6, 6.07) is 10.6. The number of sulfonamides is 1. The predicted molar refractivity (Wildman–Crippen MR) is 81.0 cm³/mol. The largest absolute Gasteiger partial charge is 0.396 e. The quantitative estimate of drug-likeness (QED) is 0.847. The summed E-state index contributed by atoms with van der Waals surface area (Å²) in [4.78, 5) is -0.560. The minimum atomic E-state index is -4.07. The molecule has 2 aromatic rings. The Morgan fingerprint density at radius 3 is 2.48 bits per heavy atom. The van der Waals surface area contributed by atoms with E-state index in [1.165, 1.54) is 0 Å². The summed E-state index contributed by atoms with van der Waals surface area (Å²) in [5.41, 5.74) is 5.86. The van der Waals surface area contributed by atoms with E-state index < -0.39 is 26.8 Å². The molecule has 2 aromatic carbocycles. The van der Waals surface area contributed by atoms with Gasteiger partial charge in [0, 0.05) is 11.1 Å². The van der Waals surface area contributed by atoms with Gasteiger partial charge in [0.2, 0.25) is 10.0 Å². The van der Waals surface area contributed by atoms with Crippen molar-refractivity contribution in [2.75, 3.05) is 5.73 Å². The van der Waals surface area contributed by atoms with Gasteiger partial charge in [-0.05, 0) is 24.6 Å². The van der Waals surface area contributed by atoms with Gasteiger partial charge in [-0.25, -0.2) is 17.5 Å². The zero-order valence-corrected chi connectivity index (χ0v) is 12.7. The van der Waals surface area contributed by atoms with E-state index in [9.17, 15) is 12.8 Å². The molecular weight excluding hydrogens is 315 g/mol. The zero-order valence-electron chi connectivity index (χ0n) is 11.2. The molecule has 0 saturated heterocycles. The summed E-state index contributed by atoms with van der Waals surface area (Å²) in [5, 5.41) is 0.0571. The van der Waals surface area contributed by atoms with E-state index in [-0.39, 0.29) is 10.7 Å². The molecule has 0 saturated carbocycles. The summed E-state index contributed by atoms with van der Waals surface area (Å²) in [6.07, 6.45) is 0. The number of hydrogen-bond donors (Lipinski definition) is 2. The topological polar surface area (TPSA) is 72.2 Å². The van der Waals surface area contributed by atoms with Gasteiger partial charge in [0.05, 0.1) is 5.69 Å². The molecule has 4 nitrogen and oxygen atoms in total.